The summed E-state index contributed by atoms with van der Waals surface area (Å²) in [5.41, 5.74) is 6.68. The Kier molecular flexibility index (Phi) is 4.92. The van der Waals surface area contributed by atoms with Crippen molar-refractivity contribution in [2.75, 3.05) is 6.54 Å². The largest absolute Gasteiger partial charge is 0.444 e. The van der Waals surface area contributed by atoms with Crippen LogP contribution in [0.3, 0.4) is 0 Å². The highest BCUT2D eigenvalue weighted by molar-refractivity contribution is 5.72. The fraction of sp³-hybridized carbons (Fsp3) is 0.357. The summed E-state index contributed by atoms with van der Waals surface area (Å²) >= 11 is 0. The van der Waals surface area contributed by atoms with Crippen LogP contribution in [0.15, 0.2) is 36.0 Å². The van der Waals surface area contributed by atoms with Gasteiger partial charge < -0.3 is 10.5 Å². The van der Waals surface area contributed by atoms with E-state index in [2.05, 4.69) is 5.32 Å². The van der Waals surface area contributed by atoms with Crippen LogP contribution in [0.4, 0.5) is 4.79 Å². The molecule has 0 bridgehead atoms. The standard InChI is InChI=1S/C14H20N2O2/c1-14(2,3)18-13(17)16-12(10-15)9-11-7-5-4-6-8-11/h4-9H,10,15H2,1-3H3,(H,16,17)/b12-9+. The summed E-state index contributed by atoms with van der Waals surface area (Å²) in [6, 6.07) is 9.65. The van der Waals surface area contributed by atoms with Crippen LogP contribution in [0.1, 0.15) is 26.3 Å². The summed E-state index contributed by atoms with van der Waals surface area (Å²) in [7, 11) is 0. The van der Waals surface area contributed by atoms with Crippen molar-refractivity contribution in [1.82, 2.24) is 5.32 Å². The molecule has 3 N–H and O–H groups in total. The van der Waals surface area contributed by atoms with Gasteiger partial charge in [0.2, 0.25) is 0 Å². The van der Waals surface area contributed by atoms with E-state index < -0.39 is 11.7 Å². The molecule has 0 unspecified atom stereocenters. The molecule has 18 heavy (non-hydrogen) atoms. The highest BCUT2D eigenvalue weighted by atomic mass is 16.6. The van der Waals surface area contributed by atoms with Crippen molar-refractivity contribution in [3.05, 3.63) is 41.6 Å². The number of nitrogens with two attached hydrogens (primary N) is 1. The van der Waals surface area contributed by atoms with E-state index >= 15 is 0 Å². The van der Waals surface area contributed by atoms with Crippen molar-refractivity contribution >= 4 is 12.2 Å². The number of rotatable bonds is 3. The summed E-state index contributed by atoms with van der Waals surface area (Å²) in [5, 5.41) is 2.65. The summed E-state index contributed by atoms with van der Waals surface area (Å²) in [4.78, 5) is 11.6. The molecule has 1 aromatic carbocycles. The fourth-order valence-electron chi connectivity index (χ4n) is 1.33. The molecule has 0 heterocycles. The van der Waals surface area contributed by atoms with Crippen LogP contribution in [0, 0.1) is 0 Å². The molecule has 1 amide bonds. The number of ether oxygens (including phenoxy) is 1. The second kappa shape index (κ2) is 6.21. The van der Waals surface area contributed by atoms with E-state index in [4.69, 9.17) is 10.5 Å². The molecule has 0 saturated heterocycles. The number of alkyl carbamates (subject to hydrolysis) is 1. The lowest BCUT2D eigenvalue weighted by atomic mass is 10.2. The summed E-state index contributed by atoms with van der Waals surface area (Å²) < 4.78 is 5.16. The van der Waals surface area contributed by atoms with Crippen molar-refractivity contribution in [2.45, 2.75) is 26.4 Å². The van der Waals surface area contributed by atoms with Crippen molar-refractivity contribution in [3.63, 3.8) is 0 Å². The minimum atomic E-state index is -0.517. The van der Waals surface area contributed by atoms with E-state index in [0.717, 1.165) is 5.56 Å². The predicted molar refractivity (Wildman–Crippen MR) is 72.8 cm³/mol. The molecule has 1 rings (SSSR count). The Labute approximate surface area is 108 Å². The molecule has 4 nitrogen and oxygen atoms in total. The smallest absolute Gasteiger partial charge is 0.411 e. The molecule has 1 aromatic rings. The zero-order valence-electron chi connectivity index (χ0n) is 11.1. The van der Waals surface area contributed by atoms with Gasteiger partial charge in [0.25, 0.3) is 0 Å². The Morgan fingerprint density at radius 1 is 1.33 bits per heavy atom. The van der Waals surface area contributed by atoms with E-state index in [-0.39, 0.29) is 6.54 Å². The van der Waals surface area contributed by atoms with Gasteiger partial charge in [-0.2, -0.15) is 0 Å². The van der Waals surface area contributed by atoms with Gasteiger partial charge in [0.05, 0.1) is 0 Å². The zero-order chi connectivity index (χ0) is 13.6. The first-order chi connectivity index (χ1) is 8.40. The maximum atomic E-state index is 11.6. The molecule has 98 valence electrons. The number of carbonyl (C=O) groups excluding carboxylic acids is 1. The second-order valence-electron chi connectivity index (χ2n) is 4.91. The minimum absolute atomic E-state index is 0.244. The first kappa shape index (κ1) is 14.3. The first-order valence-electron chi connectivity index (χ1n) is 5.86. The lowest BCUT2D eigenvalue weighted by Crippen LogP contribution is -2.33. The first-order valence-corrected chi connectivity index (χ1v) is 5.86. The molecule has 0 fully saturated rings. The Balaban J connectivity index is 2.68. The van der Waals surface area contributed by atoms with Crippen molar-refractivity contribution in [2.24, 2.45) is 5.73 Å². The van der Waals surface area contributed by atoms with Gasteiger partial charge in [0.1, 0.15) is 5.60 Å². The van der Waals surface area contributed by atoms with Crippen LogP contribution in [0.5, 0.6) is 0 Å². The Hall–Kier alpha value is -1.81. The van der Waals surface area contributed by atoms with Gasteiger partial charge in [0.15, 0.2) is 0 Å². The van der Waals surface area contributed by atoms with E-state index in [1.54, 1.807) is 0 Å². The van der Waals surface area contributed by atoms with Crippen LogP contribution >= 0.6 is 0 Å². The zero-order valence-corrected chi connectivity index (χ0v) is 11.1. The molecule has 0 aromatic heterocycles. The van der Waals surface area contributed by atoms with Crippen LogP contribution in [-0.2, 0) is 4.74 Å². The summed E-state index contributed by atoms with van der Waals surface area (Å²) in [6.07, 6.45) is 1.33. The average Bonchev–Trinajstić information content (AvgIpc) is 2.27. The third-order valence-corrected chi connectivity index (χ3v) is 2.02. The number of benzene rings is 1. The Bertz CT molecular complexity index is 419. The van der Waals surface area contributed by atoms with Crippen molar-refractivity contribution < 1.29 is 9.53 Å². The molecule has 0 radical (unpaired) electrons. The molecule has 0 atom stereocenters. The number of nitrogens with one attached hydrogen (secondary N) is 1. The maximum absolute atomic E-state index is 11.6. The molecule has 4 heteroatoms. The van der Waals surface area contributed by atoms with E-state index in [0.29, 0.717) is 5.70 Å². The maximum Gasteiger partial charge on any atom is 0.411 e. The lowest BCUT2D eigenvalue weighted by molar-refractivity contribution is 0.0546. The van der Waals surface area contributed by atoms with Gasteiger partial charge in [0, 0.05) is 12.2 Å². The molecule has 0 spiro atoms. The van der Waals surface area contributed by atoms with Gasteiger partial charge in [-0.1, -0.05) is 30.3 Å². The second-order valence-corrected chi connectivity index (χ2v) is 4.91. The highest BCUT2D eigenvalue weighted by Gasteiger charge is 2.16. The number of hydrogen-bond donors (Lipinski definition) is 2. The molecule has 0 aliphatic heterocycles. The van der Waals surface area contributed by atoms with E-state index in [1.165, 1.54) is 0 Å². The van der Waals surface area contributed by atoms with Crippen molar-refractivity contribution in [3.8, 4) is 0 Å². The number of hydrogen-bond acceptors (Lipinski definition) is 3. The molecule has 0 saturated carbocycles. The predicted octanol–water partition coefficient (Wildman–Crippen LogP) is 2.51. The molecule has 0 aliphatic rings. The topological polar surface area (TPSA) is 64.3 Å². The SMILES string of the molecule is CC(C)(C)OC(=O)N/C(=C/c1ccccc1)CN. The number of amides is 1. The monoisotopic (exact) mass is 248 g/mol. The van der Waals surface area contributed by atoms with E-state index in [9.17, 15) is 4.79 Å². The van der Waals surface area contributed by atoms with Gasteiger partial charge in [-0.3, -0.25) is 5.32 Å². The van der Waals surface area contributed by atoms with Crippen LogP contribution < -0.4 is 11.1 Å². The normalized spacial score (nSPS) is 12.1. The highest BCUT2D eigenvalue weighted by Crippen LogP contribution is 2.08. The quantitative estimate of drug-likeness (QED) is 0.863. The molecule has 0 aliphatic carbocycles. The lowest BCUT2D eigenvalue weighted by Gasteiger charge is -2.20. The average molecular weight is 248 g/mol. The Morgan fingerprint density at radius 2 is 1.94 bits per heavy atom. The van der Waals surface area contributed by atoms with Gasteiger partial charge in [-0.25, -0.2) is 4.79 Å². The Morgan fingerprint density at radius 3 is 2.44 bits per heavy atom. The third kappa shape index (κ3) is 5.50. The van der Waals surface area contributed by atoms with Gasteiger partial charge in [-0.05, 0) is 32.4 Å². The van der Waals surface area contributed by atoms with Gasteiger partial charge in [-0.15, -0.1) is 0 Å². The molecular formula is C14H20N2O2. The van der Waals surface area contributed by atoms with E-state index in [1.807, 2.05) is 57.2 Å². The number of carbonyl (C=O) groups is 1. The summed E-state index contributed by atoms with van der Waals surface area (Å²) in [5.74, 6) is 0. The van der Waals surface area contributed by atoms with Crippen LogP contribution in [0.2, 0.25) is 0 Å². The fourth-order valence-corrected chi connectivity index (χ4v) is 1.33. The van der Waals surface area contributed by atoms with Gasteiger partial charge >= 0.3 is 6.09 Å². The van der Waals surface area contributed by atoms with Crippen LogP contribution in [-0.4, -0.2) is 18.2 Å². The third-order valence-electron chi connectivity index (χ3n) is 2.02. The van der Waals surface area contributed by atoms with Crippen molar-refractivity contribution in [1.29, 1.82) is 0 Å². The van der Waals surface area contributed by atoms with Crippen LogP contribution in [0.25, 0.3) is 6.08 Å². The summed E-state index contributed by atoms with van der Waals surface area (Å²) in [6.45, 7) is 5.69. The molecular weight excluding hydrogens is 228 g/mol. The minimum Gasteiger partial charge on any atom is -0.444 e.